The number of thioether (sulfide) groups is 2. The van der Waals surface area contributed by atoms with Crippen LogP contribution in [0, 0.1) is 11.8 Å². The number of halogens is 1. The minimum absolute atomic E-state index is 0.110. The van der Waals surface area contributed by atoms with Crippen molar-refractivity contribution in [3.05, 3.63) is 58.1 Å². The number of nitrogens with one attached hydrogen (secondary N) is 1. The van der Waals surface area contributed by atoms with Crippen LogP contribution in [-0.4, -0.2) is 61.9 Å². The van der Waals surface area contributed by atoms with Crippen LogP contribution in [0.1, 0.15) is 100 Å². The van der Waals surface area contributed by atoms with E-state index < -0.39 is 16.6 Å². The predicted octanol–water partition coefficient (Wildman–Crippen LogP) is 8.22. The molecule has 0 bridgehead atoms. The molecular weight excluding hydrogens is 656 g/mol. The molecular formula is C36H51ClN2O4S3. The second-order valence-electron chi connectivity index (χ2n) is 13.4. The maximum absolute atomic E-state index is 13.2. The zero-order chi connectivity index (χ0) is 32.8. The molecule has 5 rings (SSSR count). The number of fused-ring (bicyclic) bond motifs is 1. The molecule has 5 unspecified atom stereocenters. The monoisotopic (exact) mass is 706 g/mol. The van der Waals surface area contributed by atoms with E-state index in [1.807, 2.05) is 55.6 Å². The summed E-state index contributed by atoms with van der Waals surface area (Å²) >= 11 is 10.4. The van der Waals surface area contributed by atoms with E-state index in [9.17, 15) is 14.1 Å². The molecule has 2 aromatic carbocycles. The third-order valence-corrected chi connectivity index (χ3v) is 14.6. The van der Waals surface area contributed by atoms with Crippen molar-refractivity contribution in [2.75, 3.05) is 36.1 Å². The van der Waals surface area contributed by atoms with Crippen LogP contribution < -0.4 is 14.4 Å². The van der Waals surface area contributed by atoms with Crippen molar-refractivity contribution >= 4 is 57.7 Å². The van der Waals surface area contributed by atoms with Crippen molar-refractivity contribution in [1.82, 2.24) is 4.72 Å². The van der Waals surface area contributed by atoms with E-state index in [0.29, 0.717) is 18.1 Å². The third-order valence-electron chi connectivity index (χ3n) is 9.81. The van der Waals surface area contributed by atoms with Gasteiger partial charge in [0.05, 0.1) is 22.5 Å². The summed E-state index contributed by atoms with van der Waals surface area (Å²) in [4.78, 5) is 15.6. The first kappa shape index (κ1) is 35.9. The number of anilines is 1. The Morgan fingerprint density at radius 3 is 2.61 bits per heavy atom. The van der Waals surface area contributed by atoms with Gasteiger partial charge >= 0.3 is 0 Å². The maximum Gasteiger partial charge on any atom is 0.263 e. The lowest BCUT2D eigenvalue weighted by atomic mass is 9.63. The highest BCUT2D eigenvalue weighted by Crippen LogP contribution is 2.53. The number of rotatable bonds is 13. The van der Waals surface area contributed by atoms with Gasteiger partial charge in [0.25, 0.3) is 5.91 Å². The van der Waals surface area contributed by atoms with Crippen LogP contribution in [0.3, 0.4) is 0 Å². The van der Waals surface area contributed by atoms with Gasteiger partial charge in [-0.1, -0.05) is 50.8 Å². The van der Waals surface area contributed by atoms with Crippen LogP contribution in [0.15, 0.2) is 36.4 Å². The largest absolute Gasteiger partial charge is 0.491 e. The van der Waals surface area contributed by atoms with Crippen LogP contribution in [0.25, 0.3) is 0 Å². The summed E-state index contributed by atoms with van der Waals surface area (Å²) in [5.41, 5.74) is 3.19. The lowest BCUT2D eigenvalue weighted by Gasteiger charge is -2.52. The number of ether oxygens (including phenoxy) is 1. The van der Waals surface area contributed by atoms with Crippen molar-refractivity contribution < 1.29 is 18.8 Å². The molecule has 1 saturated carbocycles. The third kappa shape index (κ3) is 8.24. The summed E-state index contributed by atoms with van der Waals surface area (Å²) in [7, 11) is -1.46. The first-order chi connectivity index (χ1) is 22.1. The molecule has 2 fully saturated rings. The van der Waals surface area contributed by atoms with E-state index in [2.05, 4.69) is 35.6 Å². The Bertz CT molecular complexity index is 1370. The van der Waals surface area contributed by atoms with Crippen molar-refractivity contribution in [2.45, 2.75) is 100 Å². The Morgan fingerprint density at radius 2 is 1.93 bits per heavy atom. The van der Waals surface area contributed by atoms with Gasteiger partial charge in [0.2, 0.25) is 0 Å². The standard InChI is InChI=1S/C36H51ClN2O4S3/c1-5-7-16-36(41,35-44-17-8-18-45-35)31-14-10-27(31)21-39-22-28(30-13-12-29(37)19-25(30)9-6-2)23-43-33-15-11-26(20-32(33)39)34(40)38-46(42)24(3)4/h11-13,15,19-20,24,27-28,31,35,41H,5-10,14,16-18,21-23H2,1-4H3,(H,38,40). The van der Waals surface area contributed by atoms with Gasteiger partial charge in [-0.05, 0) is 111 Å². The highest BCUT2D eigenvalue weighted by molar-refractivity contribution is 8.17. The molecule has 5 atom stereocenters. The van der Waals surface area contributed by atoms with Crippen LogP contribution in [0.5, 0.6) is 5.75 Å². The molecule has 0 radical (unpaired) electrons. The number of amides is 1. The molecule has 10 heteroatoms. The summed E-state index contributed by atoms with van der Waals surface area (Å²) in [5, 5.41) is 13.0. The Balaban J connectivity index is 1.48. The minimum Gasteiger partial charge on any atom is -0.491 e. The average Bonchev–Trinajstić information content (AvgIpc) is 3.21. The van der Waals surface area contributed by atoms with Crippen LogP contribution in [0.4, 0.5) is 5.69 Å². The van der Waals surface area contributed by atoms with Gasteiger partial charge in [-0.2, -0.15) is 0 Å². The summed E-state index contributed by atoms with van der Waals surface area (Å²) in [6.45, 7) is 10.1. The van der Waals surface area contributed by atoms with Crippen molar-refractivity contribution in [1.29, 1.82) is 0 Å². The van der Waals surface area contributed by atoms with Crippen molar-refractivity contribution in [2.24, 2.45) is 11.8 Å². The summed E-state index contributed by atoms with van der Waals surface area (Å²) in [6, 6.07) is 11.8. The van der Waals surface area contributed by atoms with Gasteiger partial charge in [0.15, 0.2) is 0 Å². The van der Waals surface area contributed by atoms with E-state index in [-0.39, 0.29) is 27.6 Å². The topological polar surface area (TPSA) is 78.9 Å². The van der Waals surface area contributed by atoms with Crippen molar-refractivity contribution in [3.63, 3.8) is 0 Å². The molecule has 1 saturated heterocycles. The normalized spacial score (nSPS) is 23.9. The molecule has 6 nitrogen and oxygen atoms in total. The maximum atomic E-state index is 13.2. The first-order valence-electron chi connectivity index (χ1n) is 17.1. The van der Waals surface area contributed by atoms with E-state index in [1.54, 1.807) is 6.07 Å². The molecule has 2 aromatic rings. The Kier molecular flexibility index (Phi) is 12.8. The molecule has 2 aliphatic heterocycles. The fourth-order valence-electron chi connectivity index (χ4n) is 7.17. The molecule has 0 spiro atoms. The van der Waals surface area contributed by atoms with Gasteiger partial charge < -0.3 is 14.7 Å². The quantitative estimate of drug-likeness (QED) is 0.217. The number of carbonyl (C=O) groups is 1. The average molecular weight is 707 g/mol. The lowest BCUT2D eigenvalue weighted by molar-refractivity contribution is -0.0758. The fraction of sp³-hybridized carbons (Fsp3) is 0.639. The number of unbranched alkanes of at least 4 members (excludes halogenated alkanes) is 1. The lowest BCUT2D eigenvalue weighted by Crippen LogP contribution is -2.55. The predicted molar refractivity (Wildman–Crippen MR) is 197 cm³/mol. The van der Waals surface area contributed by atoms with Gasteiger partial charge in [0.1, 0.15) is 16.7 Å². The second kappa shape index (κ2) is 16.3. The Morgan fingerprint density at radius 1 is 1.15 bits per heavy atom. The van der Waals surface area contributed by atoms with E-state index >= 15 is 0 Å². The summed E-state index contributed by atoms with van der Waals surface area (Å²) in [5.74, 6) is 3.33. The molecule has 2 N–H and O–H groups in total. The summed E-state index contributed by atoms with van der Waals surface area (Å²) < 4.78 is 21.9. The van der Waals surface area contributed by atoms with Crippen LogP contribution >= 0.6 is 35.1 Å². The summed E-state index contributed by atoms with van der Waals surface area (Å²) in [6.07, 6.45) is 8.27. The molecule has 3 aliphatic rings. The van der Waals surface area contributed by atoms with Gasteiger partial charge in [0, 0.05) is 34.8 Å². The van der Waals surface area contributed by atoms with E-state index in [0.717, 1.165) is 86.0 Å². The smallest absolute Gasteiger partial charge is 0.263 e. The highest BCUT2D eigenvalue weighted by Gasteiger charge is 2.51. The zero-order valence-electron chi connectivity index (χ0n) is 27.8. The van der Waals surface area contributed by atoms with Crippen molar-refractivity contribution in [3.8, 4) is 5.75 Å². The number of hydrogen-bond donors (Lipinski definition) is 2. The van der Waals surface area contributed by atoms with Crippen LogP contribution in [-0.2, 0) is 17.4 Å². The van der Waals surface area contributed by atoms with Crippen LogP contribution in [0.2, 0.25) is 5.02 Å². The number of benzene rings is 2. The molecule has 1 amide bonds. The Hall–Kier alpha value is -1.39. The van der Waals surface area contributed by atoms with E-state index in [4.69, 9.17) is 16.3 Å². The first-order valence-corrected chi connectivity index (χ1v) is 20.8. The van der Waals surface area contributed by atoms with Gasteiger partial charge in [-0.25, -0.2) is 4.21 Å². The molecule has 2 heterocycles. The van der Waals surface area contributed by atoms with Gasteiger partial charge in [-0.15, -0.1) is 23.5 Å². The Labute approximate surface area is 292 Å². The molecule has 254 valence electrons. The number of nitrogens with zero attached hydrogens (tertiary/aromatic N) is 1. The number of carbonyl (C=O) groups excluding carboxylic acids is 1. The highest BCUT2D eigenvalue weighted by atomic mass is 35.5. The molecule has 46 heavy (non-hydrogen) atoms. The number of aryl methyl sites for hydroxylation is 1. The molecule has 1 aliphatic carbocycles. The number of hydrogen-bond acceptors (Lipinski definition) is 7. The SMILES string of the molecule is CCCCC(O)(C1SCCCS1)C1CCC1CN1CC(c2ccc(Cl)cc2CCC)COc2ccc(C(=O)NS(=O)C(C)C)cc21. The number of aliphatic hydroxyl groups is 1. The van der Waals surface area contributed by atoms with Gasteiger partial charge in [-0.3, -0.25) is 9.52 Å². The fourth-order valence-corrected chi connectivity index (χ4v) is 11.3. The second-order valence-corrected chi connectivity index (χ2v) is 18.3. The van der Waals surface area contributed by atoms with E-state index in [1.165, 1.54) is 17.5 Å². The zero-order valence-corrected chi connectivity index (χ0v) is 31.0. The molecule has 0 aromatic heterocycles. The minimum atomic E-state index is -1.46.